The van der Waals surface area contributed by atoms with E-state index in [1.165, 1.54) is 5.56 Å². The fraction of sp³-hybridized carbons (Fsp3) is 0.263. The van der Waals surface area contributed by atoms with Crippen LogP contribution < -0.4 is 0 Å². The van der Waals surface area contributed by atoms with Crippen LogP contribution in [0.2, 0.25) is 0 Å². The number of hydrogen-bond acceptors (Lipinski definition) is 0. The maximum absolute atomic E-state index is 13.7. The summed E-state index contributed by atoms with van der Waals surface area (Å²) < 4.78 is 13.7. The topological polar surface area (TPSA) is 0 Å². The van der Waals surface area contributed by atoms with Crippen molar-refractivity contribution in [3.63, 3.8) is 0 Å². The van der Waals surface area contributed by atoms with Crippen molar-refractivity contribution in [3.05, 3.63) is 70.0 Å². The summed E-state index contributed by atoms with van der Waals surface area (Å²) in [4.78, 5) is 0. The van der Waals surface area contributed by atoms with Crippen LogP contribution in [0.3, 0.4) is 0 Å². The SMILES string of the molecule is CCCc1cc(C)c(F)cc1C#Cc1ccc(C)cc1. The first-order valence-corrected chi connectivity index (χ1v) is 6.98. The molecule has 0 heterocycles. The molecule has 102 valence electrons. The first-order chi connectivity index (χ1) is 9.60. The minimum Gasteiger partial charge on any atom is -0.207 e. The van der Waals surface area contributed by atoms with E-state index in [-0.39, 0.29) is 5.82 Å². The number of benzene rings is 2. The van der Waals surface area contributed by atoms with Crippen molar-refractivity contribution in [1.29, 1.82) is 0 Å². The molecule has 0 aliphatic rings. The Morgan fingerprint density at radius 1 is 1.00 bits per heavy atom. The average molecular weight is 266 g/mol. The highest BCUT2D eigenvalue weighted by Crippen LogP contribution is 2.16. The van der Waals surface area contributed by atoms with Gasteiger partial charge in [0.15, 0.2) is 0 Å². The molecular weight excluding hydrogens is 247 g/mol. The largest absolute Gasteiger partial charge is 0.207 e. The molecule has 0 aromatic heterocycles. The Labute approximate surface area is 120 Å². The van der Waals surface area contributed by atoms with Gasteiger partial charge in [-0.25, -0.2) is 4.39 Å². The van der Waals surface area contributed by atoms with Crippen LogP contribution in [0.25, 0.3) is 0 Å². The number of rotatable bonds is 2. The zero-order valence-electron chi connectivity index (χ0n) is 12.3. The smallest absolute Gasteiger partial charge is 0.127 e. The van der Waals surface area contributed by atoms with Crippen LogP contribution >= 0.6 is 0 Å². The summed E-state index contributed by atoms with van der Waals surface area (Å²) in [6.07, 6.45) is 1.96. The highest BCUT2D eigenvalue weighted by atomic mass is 19.1. The van der Waals surface area contributed by atoms with Gasteiger partial charge in [-0.3, -0.25) is 0 Å². The lowest BCUT2D eigenvalue weighted by atomic mass is 10.00. The zero-order chi connectivity index (χ0) is 14.5. The van der Waals surface area contributed by atoms with E-state index in [1.807, 2.05) is 37.3 Å². The molecule has 2 aromatic carbocycles. The molecule has 0 atom stereocenters. The van der Waals surface area contributed by atoms with Gasteiger partial charge in [-0.05, 0) is 49.6 Å². The van der Waals surface area contributed by atoms with Crippen LogP contribution in [0.5, 0.6) is 0 Å². The normalized spacial score (nSPS) is 10.0. The standard InChI is InChI=1S/C19H19F/c1-4-5-17-12-15(3)19(20)13-18(17)11-10-16-8-6-14(2)7-9-16/h6-9,12-13H,4-5H2,1-3H3. The lowest BCUT2D eigenvalue weighted by molar-refractivity contribution is 0.617. The highest BCUT2D eigenvalue weighted by Gasteiger charge is 2.05. The van der Waals surface area contributed by atoms with Crippen molar-refractivity contribution in [2.24, 2.45) is 0 Å². The van der Waals surface area contributed by atoms with E-state index in [9.17, 15) is 4.39 Å². The fourth-order valence-corrected chi connectivity index (χ4v) is 2.11. The van der Waals surface area contributed by atoms with Crippen molar-refractivity contribution < 1.29 is 4.39 Å². The Morgan fingerprint density at radius 3 is 2.35 bits per heavy atom. The van der Waals surface area contributed by atoms with Crippen molar-refractivity contribution in [3.8, 4) is 11.8 Å². The molecule has 0 amide bonds. The summed E-state index contributed by atoms with van der Waals surface area (Å²) in [5.74, 6) is 6.05. The highest BCUT2D eigenvalue weighted by molar-refractivity contribution is 5.48. The van der Waals surface area contributed by atoms with E-state index in [0.29, 0.717) is 5.56 Å². The van der Waals surface area contributed by atoms with Gasteiger partial charge in [-0.1, -0.05) is 48.9 Å². The van der Waals surface area contributed by atoms with Crippen LogP contribution in [-0.2, 0) is 6.42 Å². The molecule has 0 N–H and O–H groups in total. The minimum absolute atomic E-state index is 0.182. The Morgan fingerprint density at radius 2 is 1.70 bits per heavy atom. The monoisotopic (exact) mass is 266 g/mol. The van der Waals surface area contributed by atoms with Crippen molar-refractivity contribution in [1.82, 2.24) is 0 Å². The quantitative estimate of drug-likeness (QED) is 0.685. The van der Waals surface area contributed by atoms with Crippen molar-refractivity contribution >= 4 is 0 Å². The van der Waals surface area contributed by atoms with E-state index in [4.69, 9.17) is 0 Å². The molecular formula is C19H19F. The molecule has 0 saturated heterocycles. The van der Waals surface area contributed by atoms with Gasteiger partial charge in [0.2, 0.25) is 0 Å². The predicted molar refractivity (Wildman–Crippen MR) is 82.3 cm³/mol. The van der Waals surface area contributed by atoms with Crippen LogP contribution in [0.1, 0.15) is 41.2 Å². The van der Waals surface area contributed by atoms with Crippen molar-refractivity contribution in [2.45, 2.75) is 33.6 Å². The van der Waals surface area contributed by atoms with E-state index >= 15 is 0 Å². The molecule has 0 aliphatic carbocycles. The van der Waals surface area contributed by atoms with E-state index < -0.39 is 0 Å². The van der Waals surface area contributed by atoms with E-state index in [1.54, 1.807) is 13.0 Å². The Kier molecular flexibility index (Phi) is 4.58. The second kappa shape index (κ2) is 6.39. The summed E-state index contributed by atoms with van der Waals surface area (Å²) in [6.45, 7) is 5.97. The van der Waals surface area contributed by atoms with Crippen LogP contribution in [0, 0.1) is 31.5 Å². The third-order valence-electron chi connectivity index (χ3n) is 3.30. The summed E-state index contributed by atoms with van der Waals surface area (Å²) in [5.41, 5.74) is 4.79. The Hall–Kier alpha value is -2.07. The van der Waals surface area contributed by atoms with Gasteiger partial charge >= 0.3 is 0 Å². The molecule has 0 bridgehead atoms. The third-order valence-corrected chi connectivity index (χ3v) is 3.30. The molecule has 0 nitrogen and oxygen atoms in total. The van der Waals surface area contributed by atoms with Crippen LogP contribution in [0.4, 0.5) is 4.39 Å². The lowest BCUT2D eigenvalue weighted by Gasteiger charge is -2.06. The zero-order valence-corrected chi connectivity index (χ0v) is 12.3. The Bertz CT molecular complexity index is 655. The average Bonchev–Trinajstić information content (AvgIpc) is 2.43. The van der Waals surface area contributed by atoms with Gasteiger partial charge in [-0.2, -0.15) is 0 Å². The van der Waals surface area contributed by atoms with Gasteiger partial charge in [0.1, 0.15) is 5.82 Å². The summed E-state index contributed by atoms with van der Waals surface area (Å²) >= 11 is 0. The molecule has 1 heteroatoms. The number of halogens is 1. The molecule has 2 rings (SSSR count). The molecule has 20 heavy (non-hydrogen) atoms. The van der Waals surface area contributed by atoms with Crippen LogP contribution in [0.15, 0.2) is 36.4 Å². The molecule has 0 fully saturated rings. The fourth-order valence-electron chi connectivity index (χ4n) is 2.11. The molecule has 0 saturated carbocycles. The second-order valence-electron chi connectivity index (χ2n) is 5.12. The maximum atomic E-state index is 13.7. The molecule has 2 aromatic rings. The van der Waals surface area contributed by atoms with Crippen molar-refractivity contribution in [2.75, 3.05) is 0 Å². The molecule has 0 radical (unpaired) electrons. The summed E-state index contributed by atoms with van der Waals surface area (Å²) in [7, 11) is 0. The first-order valence-electron chi connectivity index (χ1n) is 6.98. The molecule has 0 spiro atoms. The van der Waals surface area contributed by atoms with Gasteiger partial charge in [0.25, 0.3) is 0 Å². The first kappa shape index (κ1) is 14.3. The number of hydrogen-bond donors (Lipinski definition) is 0. The van der Waals surface area contributed by atoms with Gasteiger partial charge in [0, 0.05) is 11.1 Å². The van der Waals surface area contributed by atoms with E-state index in [0.717, 1.165) is 29.5 Å². The van der Waals surface area contributed by atoms with Crippen LogP contribution in [-0.4, -0.2) is 0 Å². The van der Waals surface area contributed by atoms with Gasteiger partial charge in [-0.15, -0.1) is 0 Å². The summed E-state index contributed by atoms with van der Waals surface area (Å²) in [5, 5.41) is 0. The molecule has 0 unspecified atom stereocenters. The number of aryl methyl sites for hydroxylation is 3. The van der Waals surface area contributed by atoms with Gasteiger partial charge in [0.05, 0.1) is 0 Å². The lowest BCUT2D eigenvalue weighted by Crippen LogP contribution is -1.94. The predicted octanol–water partition coefficient (Wildman–Crippen LogP) is 4.79. The summed E-state index contributed by atoms with van der Waals surface area (Å²) in [6, 6.07) is 11.5. The maximum Gasteiger partial charge on any atom is 0.127 e. The Balaban J connectivity index is 2.37. The third kappa shape index (κ3) is 3.48. The van der Waals surface area contributed by atoms with Gasteiger partial charge < -0.3 is 0 Å². The second-order valence-corrected chi connectivity index (χ2v) is 5.12. The molecule has 0 aliphatic heterocycles. The van der Waals surface area contributed by atoms with E-state index in [2.05, 4.69) is 18.8 Å². The minimum atomic E-state index is -0.182.